The lowest BCUT2D eigenvalue weighted by molar-refractivity contribution is -0.143. The number of piperidine rings is 1. The highest BCUT2D eigenvalue weighted by molar-refractivity contribution is 5.99. The second-order valence-electron chi connectivity index (χ2n) is 6.79. The molecule has 1 N–H and O–H groups in total. The largest absolute Gasteiger partial charge is 0.481 e. The van der Waals surface area contributed by atoms with E-state index >= 15 is 0 Å². The molecular formula is C17H22N4O3. The topological polar surface area (TPSA) is 88.3 Å². The van der Waals surface area contributed by atoms with Gasteiger partial charge in [-0.05, 0) is 32.3 Å². The van der Waals surface area contributed by atoms with Gasteiger partial charge in [0.15, 0.2) is 5.65 Å². The molecule has 7 nitrogen and oxygen atoms in total. The number of carboxylic acids is 1. The molecular weight excluding hydrogens is 308 g/mol. The van der Waals surface area contributed by atoms with Crippen LogP contribution in [0.1, 0.15) is 35.1 Å². The van der Waals surface area contributed by atoms with E-state index in [1.54, 1.807) is 16.5 Å². The van der Waals surface area contributed by atoms with Gasteiger partial charge < -0.3 is 10.0 Å². The van der Waals surface area contributed by atoms with Crippen molar-refractivity contribution in [1.29, 1.82) is 0 Å². The van der Waals surface area contributed by atoms with E-state index < -0.39 is 11.9 Å². The molecule has 3 rings (SSSR count). The molecule has 1 fully saturated rings. The van der Waals surface area contributed by atoms with Crippen LogP contribution < -0.4 is 0 Å². The summed E-state index contributed by atoms with van der Waals surface area (Å²) in [6, 6.07) is 1.83. The standard InChI is InChI=1S/C17H22N4O3/c1-9-5-12(17(23)24)8-21(7-9)16(22)14-6-13-11(3)19-20(4)15(13)18-10(14)2/h6,9,12H,5,7-8H2,1-4H3,(H,23,24). The molecule has 2 atom stereocenters. The Labute approximate surface area is 140 Å². The number of rotatable bonds is 2. The Balaban J connectivity index is 1.97. The summed E-state index contributed by atoms with van der Waals surface area (Å²) in [5.41, 5.74) is 2.74. The predicted octanol–water partition coefficient (Wildman–Crippen LogP) is 1.77. The number of aromatic nitrogens is 3. The van der Waals surface area contributed by atoms with Gasteiger partial charge >= 0.3 is 5.97 Å². The molecule has 0 radical (unpaired) electrons. The van der Waals surface area contributed by atoms with E-state index in [9.17, 15) is 14.7 Å². The van der Waals surface area contributed by atoms with E-state index in [1.165, 1.54) is 0 Å². The van der Waals surface area contributed by atoms with E-state index in [2.05, 4.69) is 10.1 Å². The average molecular weight is 330 g/mol. The van der Waals surface area contributed by atoms with Crippen molar-refractivity contribution >= 4 is 22.9 Å². The molecule has 1 saturated heterocycles. The van der Waals surface area contributed by atoms with Crippen LogP contribution in [0.25, 0.3) is 11.0 Å². The number of carbonyl (C=O) groups excluding carboxylic acids is 1. The van der Waals surface area contributed by atoms with E-state index in [0.29, 0.717) is 24.2 Å². The highest BCUT2D eigenvalue weighted by Gasteiger charge is 2.33. The maximum Gasteiger partial charge on any atom is 0.308 e. The maximum atomic E-state index is 13.0. The third-order valence-electron chi connectivity index (χ3n) is 4.72. The SMILES string of the molecule is Cc1nc2c(cc1C(=O)N1CC(C)CC(C(=O)O)C1)c(C)nn2C. The molecule has 128 valence electrons. The second-order valence-corrected chi connectivity index (χ2v) is 6.79. The normalized spacial score (nSPS) is 21.2. The summed E-state index contributed by atoms with van der Waals surface area (Å²) in [7, 11) is 1.83. The summed E-state index contributed by atoms with van der Waals surface area (Å²) >= 11 is 0. The minimum absolute atomic E-state index is 0.150. The third-order valence-corrected chi connectivity index (χ3v) is 4.72. The van der Waals surface area contributed by atoms with E-state index in [0.717, 1.165) is 16.7 Å². The van der Waals surface area contributed by atoms with Gasteiger partial charge in [0.1, 0.15) is 0 Å². The van der Waals surface area contributed by atoms with Crippen LogP contribution in [0.4, 0.5) is 0 Å². The molecule has 0 spiro atoms. The van der Waals surface area contributed by atoms with Crippen molar-refractivity contribution in [2.24, 2.45) is 18.9 Å². The Morgan fingerprint density at radius 2 is 1.96 bits per heavy atom. The molecule has 0 aromatic carbocycles. The van der Waals surface area contributed by atoms with Crippen LogP contribution in [0.5, 0.6) is 0 Å². The van der Waals surface area contributed by atoms with Gasteiger partial charge in [-0.2, -0.15) is 5.10 Å². The molecule has 2 unspecified atom stereocenters. The lowest BCUT2D eigenvalue weighted by Gasteiger charge is -2.34. The minimum atomic E-state index is -0.840. The van der Waals surface area contributed by atoms with Crippen LogP contribution in [0.3, 0.4) is 0 Å². The number of fused-ring (bicyclic) bond motifs is 1. The van der Waals surface area contributed by atoms with E-state index in [-0.39, 0.29) is 18.4 Å². The molecule has 7 heteroatoms. The number of likely N-dealkylation sites (tertiary alicyclic amines) is 1. The van der Waals surface area contributed by atoms with Gasteiger partial charge in [-0.15, -0.1) is 0 Å². The minimum Gasteiger partial charge on any atom is -0.481 e. The van der Waals surface area contributed by atoms with Crippen LogP contribution in [-0.2, 0) is 11.8 Å². The lowest BCUT2D eigenvalue weighted by atomic mass is 9.90. The Kier molecular flexibility index (Phi) is 4.03. The van der Waals surface area contributed by atoms with Gasteiger partial charge in [0.25, 0.3) is 5.91 Å². The van der Waals surface area contributed by atoms with Crippen molar-refractivity contribution in [3.63, 3.8) is 0 Å². The molecule has 1 amide bonds. The molecule has 2 aromatic heterocycles. The van der Waals surface area contributed by atoms with Gasteiger partial charge in [0.05, 0.1) is 22.9 Å². The first-order valence-electron chi connectivity index (χ1n) is 8.11. The monoisotopic (exact) mass is 330 g/mol. The fourth-order valence-electron chi connectivity index (χ4n) is 3.51. The summed E-state index contributed by atoms with van der Waals surface area (Å²) in [6.45, 7) is 6.50. The van der Waals surface area contributed by atoms with Gasteiger partial charge in [0.2, 0.25) is 0 Å². The van der Waals surface area contributed by atoms with Crippen molar-refractivity contribution in [2.75, 3.05) is 13.1 Å². The number of aliphatic carboxylic acids is 1. The summed E-state index contributed by atoms with van der Waals surface area (Å²) < 4.78 is 1.70. The third kappa shape index (κ3) is 2.74. The van der Waals surface area contributed by atoms with Gasteiger partial charge in [-0.1, -0.05) is 6.92 Å². The Hall–Kier alpha value is -2.44. The van der Waals surface area contributed by atoms with E-state index in [1.807, 2.05) is 27.0 Å². The smallest absolute Gasteiger partial charge is 0.308 e. The number of carbonyl (C=O) groups is 2. The van der Waals surface area contributed by atoms with Crippen molar-refractivity contribution in [1.82, 2.24) is 19.7 Å². The predicted molar refractivity (Wildman–Crippen MR) is 88.8 cm³/mol. The zero-order chi connectivity index (χ0) is 17.6. The Morgan fingerprint density at radius 3 is 2.62 bits per heavy atom. The van der Waals surface area contributed by atoms with Crippen LogP contribution in [0, 0.1) is 25.7 Å². The molecule has 24 heavy (non-hydrogen) atoms. The highest BCUT2D eigenvalue weighted by atomic mass is 16.4. The fraction of sp³-hybridized carbons (Fsp3) is 0.529. The zero-order valence-corrected chi connectivity index (χ0v) is 14.4. The van der Waals surface area contributed by atoms with E-state index in [4.69, 9.17) is 0 Å². The number of pyridine rings is 1. The first-order valence-corrected chi connectivity index (χ1v) is 8.11. The second kappa shape index (κ2) is 5.89. The molecule has 0 saturated carbocycles. The van der Waals surface area contributed by atoms with Gasteiger partial charge in [-0.25, -0.2) is 4.98 Å². The van der Waals surface area contributed by atoms with Crippen LogP contribution in [0.15, 0.2) is 6.07 Å². The molecule has 1 aliphatic heterocycles. The average Bonchev–Trinajstić information content (AvgIpc) is 2.79. The summed E-state index contributed by atoms with van der Waals surface area (Å²) in [5, 5.41) is 14.5. The van der Waals surface area contributed by atoms with Crippen molar-refractivity contribution < 1.29 is 14.7 Å². The fourth-order valence-corrected chi connectivity index (χ4v) is 3.51. The number of hydrogen-bond donors (Lipinski definition) is 1. The molecule has 0 aliphatic carbocycles. The van der Waals surface area contributed by atoms with Crippen molar-refractivity contribution in [2.45, 2.75) is 27.2 Å². The van der Waals surface area contributed by atoms with Gasteiger partial charge in [0, 0.05) is 25.5 Å². The van der Waals surface area contributed by atoms with Crippen LogP contribution in [0.2, 0.25) is 0 Å². The lowest BCUT2D eigenvalue weighted by Crippen LogP contribution is -2.45. The van der Waals surface area contributed by atoms with Crippen molar-refractivity contribution in [3.8, 4) is 0 Å². The molecule has 1 aliphatic rings. The van der Waals surface area contributed by atoms with Gasteiger partial charge in [-0.3, -0.25) is 14.3 Å². The summed E-state index contributed by atoms with van der Waals surface area (Å²) in [5.74, 6) is -1.33. The highest BCUT2D eigenvalue weighted by Crippen LogP contribution is 2.25. The zero-order valence-electron chi connectivity index (χ0n) is 14.4. The first-order chi connectivity index (χ1) is 11.3. The summed E-state index contributed by atoms with van der Waals surface area (Å²) in [6.07, 6.45) is 0.608. The maximum absolute atomic E-state index is 13.0. The van der Waals surface area contributed by atoms with Crippen molar-refractivity contribution in [3.05, 3.63) is 23.0 Å². The first kappa shape index (κ1) is 16.4. The molecule has 3 heterocycles. The quantitative estimate of drug-likeness (QED) is 0.906. The molecule has 2 aromatic rings. The number of amides is 1. The summed E-state index contributed by atoms with van der Waals surface area (Å²) in [4.78, 5) is 30.5. The number of aryl methyl sites for hydroxylation is 3. The Bertz CT molecular complexity index is 827. The number of hydrogen-bond acceptors (Lipinski definition) is 4. The number of carboxylic acid groups (broad SMARTS) is 1. The van der Waals surface area contributed by atoms with Crippen LogP contribution in [-0.4, -0.2) is 49.7 Å². The Morgan fingerprint density at radius 1 is 1.25 bits per heavy atom. The number of nitrogens with zero attached hydrogens (tertiary/aromatic N) is 4. The van der Waals surface area contributed by atoms with Crippen LogP contribution >= 0.6 is 0 Å². The molecule has 0 bridgehead atoms.